The van der Waals surface area contributed by atoms with Gasteiger partial charge in [-0.05, 0) is 18.2 Å². The predicted molar refractivity (Wildman–Crippen MR) is 63.3 cm³/mol. The third-order valence-corrected chi connectivity index (χ3v) is 2.66. The van der Waals surface area contributed by atoms with Gasteiger partial charge in [0.25, 0.3) is 5.56 Å². The van der Waals surface area contributed by atoms with Crippen molar-refractivity contribution in [3.8, 4) is 0 Å². The Balaban J connectivity index is 2.47. The second-order valence-electron chi connectivity index (χ2n) is 4.14. The average molecular weight is 286 g/mol. The van der Waals surface area contributed by atoms with Crippen molar-refractivity contribution in [3.63, 3.8) is 0 Å². The Hall–Kier alpha value is -2.38. The molecule has 2 N–H and O–H groups in total. The van der Waals surface area contributed by atoms with Gasteiger partial charge in [-0.3, -0.25) is 9.59 Å². The zero-order chi connectivity index (χ0) is 14.9. The Kier molecular flexibility index (Phi) is 3.47. The first kappa shape index (κ1) is 14.0. The molecule has 0 aliphatic rings. The van der Waals surface area contributed by atoms with Crippen molar-refractivity contribution >= 4 is 16.9 Å². The standard InChI is InChI=1S/C12H9F3N2O3/c13-12(14,15)6-1-2-8-7(5-6)11(20)17-9(16-8)3-4-10(18)19/h1-2,5H,3-4H2,(H,18,19)(H,16,17,20). The van der Waals surface area contributed by atoms with E-state index in [0.717, 1.165) is 18.2 Å². The normalized spacial score (nSPS) is 11.8. The highest BCUT2D eigenvalue weighted by Gasteiger charge is 2.30. The number of aromatic amines is 1. The molecule has 8 heteroatoms. The van der Waals surface area contributed by atoms with Crippen LogP contribution in [0.4, 0.5) is 13.2 Å². The first-order valence-electron chi connectivity index (χ1n) is 5.59. The number of hydrogen-bond acceptors (Lipinski definition) is 3. The van der Waals surface area contributed by atoms with Crippen LogP contribution in [-0.2, 0) is 17.4 Å². The maximum absolute atomic E-state index is 12.5. The number of nitrogens with zero attached hydrogens (tertiary/aromatic N) is 1. The summed E-state index contributed by atoms with van der Waals surface area (Å²) >= 11 is 0. The molecule has 2 aromatic rings. The van der Waals surface area contributed by atoms with Crippen LogP contribution in [0.25, 0.3) is 10.9 Å². The van der Waals surface area contributed by atoms with Crippen molar-refractivity contribution < 1.29 is 23.1 Å². The van der Waals surface area contributed by atoms with E-state index >= 15 is 0 Å². The molecule has 0 amide bonds. The number of aromatic nitrogens is 2. The molecule has 0 unspecified atom stereocenters. The van der Waals surface area contributed by atoms with Crippen molar-refractivity contribution in [2.75, 3.05) is 0 Å². The number of benzene rings is 1. The van der Waals surface area contributed by atoms with E-state index in [1.54, 1.807) is 0 Å². The van der Waals surface area contributed by atoms with Crippen LogP contribution < -0.4 is 5.56 Å². The molecule has 0 atom stereocenters. The molecule has 0 aliphatic heterocycles. The molecular weight excluding hydrogens is 277 g/mol. The number of rotatable bonds is 3. The molecule has 5 nitrogen and oxygen atoms in total. The van der Waals surface area contributed by atoms with Crippen LogP contribution in [0, 0.1) is 0 Å². The van der Waals surface area contributed by atoms with Crippen LogP contribution in [0.2, 0.25) is 0 Å². The number of carbonyl (C=O) groups is 1. The maximum atomic E-state index is 12.5. The third-order valence-electron chi connectivity index (χ3n) is 2.66. The highest BCUT2D eigenvalue weighted by atomic mass is 19.4. The van der Waals surface area contributed by atoms with Crippen LogP contribution >= 0.6 is 0 Å². The molecular formula is C12H9F3N2O3. The SMILES string of the molecule is O=C(O)CCc1nc2ccc(C(F)(F)F)cc2c(=O)[nH]1. The molecule has 0 saturated carbocycles. The zero-order valence-electron chi connectivity index (χ0n) is 9.99. The fraction of sp³-hybridized carbons (Fsp3) is 0.250. The predicted octanol–water partition coefficient (Wildman–Crippen LogP) is 1.96. The van der Waals surface area contributed by atoms with Gasteiger partial charge in [0.1, 0.15) is 5.82 Å². The first-order chi connectivity index (χ1) is 9.27. The van der Waals surface area contributed by atoms with Gasteiger partial charge < -0.3 is 10.1 Å². The number of hydrogen-bond donors (Lipinski definition) is 2. The number of carboxylic acids is 1. The number of alkyl halides is 3. The van der Waals surface area contributed by atoms with E-state index in [2.05, 4.69) is 9.97 Å². The van der Waals surface area contributed by atoms with E-state index in [0.29, 0.717) is 0 Å². The number of aryl methyl sites for hydroxylation is 1. The summed E-state index contributed by atoms with van der Waals surface area (Å²) in [6.07, 6.45) is -4.76. The molecule has 0 saturated heterocycles. The summed E-state index contributed by atoms with van der Waals surface area (Å²) in [5, 5.41) is 8.36. The van der Waals surface area contributed by atoms with E-state index in [1.165, 1.54) is 0 Å². The van der Waals surface area contributed by atoms with Gasteiger partial charge in [-0.15, -0.1) is 0 Å². The molecule has 1 aromatic heterocycles. The maximum Gasteiger partial charge on any atom is 0.416 e. The van der Waals surface area contributed by atoms with E-state index in [4.69, 9.17) is 5.11 Å². The smallest absolute Gasteiger partial charge is 0.416 e. The highest BCUT2D eigenvalue weighted by molar-refractivity contribution is 5.78. The van der Waals surface area contributed by atoms with Gasteiger partial charge in [0.05, 0.1) is 22.9 Å². The molecule has 0 radical (unpaired) electrons. The van der Waals surface area contributed by atoms with E-state index in [-0.39, 0.29) is 29.6 Å². The number of nitrogens with one attached hydrogen (secondary N) is 1. The number of aliphatic carboxylic acids is 1. The molecule has 2 rings (SSSR count). The van der Waals surface area contributed by atoms with Crippen molar-refractivity contribution in [3.05, 3.63) is 39.9 Å². The number of carboxylic acid groups (broad SMARTS) is 1. The van der Waals surface area contributed by atoms with Gasteiger partial charge in [0.2, 0.25) is 0 Å². The highest BCUT2D eigenvalue weighted by Crippen LogP contribution is 2.30. The lowest BCUT2D eigenvalue weighted by Crippen LogP contribution is -2.14. The molecule has 0 spiro atoms. The second-order valence-corrected chi connectivity index (χ2v) is 4.14. The molecule has 1 heterocycles. The minimum atomic E-state index is -4.54. The van der Waals surface area contributed by atoms with Crippen molar-refractivity contribution in [1.82, 2.24) is 9.97 Å². The zero-order valence-corrected chi connectivity index (χ0v) is 9.99. The van der Waals surface area contributed by atoms with Gasteiger partial charge in [0, 0.05) is 6.42 Å². The molecule has 106 valence electrons. The Bertz CT molecular complexity index is 722. The van der Waals surface area contributed by atoms with Crippen LogP contribution in [0.5, 0.6) is 0 Å². The topological polar surface area (TPSA) is 83.0 Å². The quantitative estimate of drug-likeness (QED) is 0.903. The Morgan fingerprint density at radius 1 is 1.35 bits per heavy atom. The summed E-state index contributed by atoms with van der Waals surface area (Å²) in [5.41, 5.74) is -1.56. The second kappa shape index (κ2) is 4.95. The summed E-state index contributed by atoms with van der Waals surface area (Å²) < 4.78 is 37.6. The molecule has 0 bridgehead atoms. The molecule has 1 aromatic carbocycles. The van der Waals surface area contributed by atoms with Gasteiger partial charge in [-0.1, -0.05) is 0 Å². The Morgan fingerprint density at radius 2 is 2.05 bits per heavy atom. The van der Waals surface area contributed by atoms with Gasteiger partial charge in [-0.2, -0.15) is 13.2 Å². The van der Waals surface area contributed by atoms with Crippen LogP contribution in [0.1, 0.15) is 17.8 Å². The minimum Gasteiger partial charge on any atom is -0.481 e. The van der Waals surface area contributed by atoms with Gasteiger partial charge in [0.15, 0.2) is 0 Å². The largest absolute Gasteiger partial charge is 0.481 e. The fourth-order valence-corrected chi connectivity index (χ4v) is 1.71. The monoisotopic (exact) mass is 286 g/mol. The Morgan fingerprint density at radius 3 is 2.65 bits per heavy atom. The summed E-state index contributed by atoms with van der Waals surface area (Å²) in [7, 11) is 0. The van der Waals surface area contributed by atoms with E-state index in [1.807, 2.05) is 0 Å². The van der Waals surface area contributed by atoms with Crippen LogP contribution in [0.3, 0.4) is 0 Å². The Labute approximate surface area is 110 Å². The number of H-pyrrole nitrogens is 1. The molecule has 0 aliphatic carbocycles. The third kappa shape index (κ3) is 2.95. The van der Waals surface area contributed by atoms with E-state index < -0.39 is 23.3 Å². The van der Waals surface area contributed by atoms with Crippen molar-refractivity contribution in [2.45, 2.75) is 19.0 Å². The van der Waals surface area contributed by atoms with Crippen LogP contribution in [-0.4, -0.2) is 21.0 Å². The van der Waals surface area contributed by atoms with Gasteiger partial charge in [-0.25, -0.2) is 4.98 Å². The molecule has 20 heavy (non-hydrogen) atoms. The van der Waals surface area contributed by atoms with E-state index in [9.17, 15) is 22.8 Å². The van der Waals surface area contributed by atoms with Gasteiger partial charge >= 0.3 is 12.1 Å². The lowest BCUT2D eigenvalue weighted by molar-refractivity contribution is -0.138. The van der Waals surface area contributed by atoms with Crippen LogP contribution in [0.15, 0.2) is 23.0 Å². The first-order valence-corrected chi connectivity index (χ1v) is 5.59. The summed E-state index contributed by atoms with van der Waals surface area (Å²) in [6.45, 7) is 0. The van der Waals surface area contributed by atoms with Crippen molar-refractivity contribution in [1.29, 1.82) is 0 Å². The fourth-order valence-electron chi connectivity index (χ4n) is 1.71. The average Bonchev–Trinajstić information content (AvgIpc) is 2.35. The number of fused-ring (bicyclic) bond motifs is 1. The number of halogens is 3. The summed E-state index contributed by atoms with van der Waals surface area (Å²) in [6, 6.07) is 2.65. The molecule has 0 fully saturated rings. The minimum absolute atomic E-state index is 0.00152. The summed E-state index contributed by atoms with van der Waals surface area (Å²) in [5.74, 6) is -0.926. The lowest BCUT2D eigenvalue weighted by atomic mass is 10.1. The van der Waals surface area contributed by atoms with Crippen molar-refractivity contribution in [2.24, 2.45) is 0 Å². The lowest BCUT2D eigenvalue weighted by Gasteiger charge is -2.07. The summed E-state index contributed by atoms with van der Waals surface area (Å²) in [4.78, 5) is 28.4.